The maximum absolute atomic E-state index is 11.8. The highest BCUT2D eigenvalue weighted by Gasteiger charge is 2.35. The van der Waals surface area contributed by atoms with Gasteiger partial charge in [0.1, 0.15) is 0 Å². The second kappa shape index (κ2) is 4.09. The molecule has 3 atom stereocenters. The summed E-state index contributed by atoms with van der Waals surface area (Å²) in [5.74, 6) is -0.122. The minimum absolute atomic E-state index is 0.0688. The van der Waals surface area contributed by atoms with Crippen molar-refractivity contribution in [1.82, 2.24) is 0 Å². The van der Waals surface area contributed by atoms with Crippen molar-refractivity contribution in [3.63, 3.8) is 0 Å². The van der Waals surface area contributed by atoms with Crippen LogP contribution in [-0.4, -0.2) is 17.0 Å². The molecule has 2 unspecified atom stereocenters. The molecule has 2 nitrogen and oxygen atoms in total. The van der Waals surface area contributed by atoms with Crippen molar-refractivity contribution < 1.29 is 9.90 Å². The Morgan fingerprint density at radius 2 is 2.29 bits per heavy atom. The number of hydrogen-bond donors (Lipinski definition) is 1. The molecular weight excluding hydrogens is 176 g/mol. The molecule has 0 fully saturated rings. The van der Waals surface area contributed by atoms with Crippen LogP contribution in [0, 0.1) is 11.8 Å². The van der Waals surface area contributed by atoms with Gasteiger partial charge in [0.2, 0.25) is 0 Å². The maximum Gasteiger partial charge on any atom is 0.164 e. The number of ketones is 1. The monoisotopic (exact) mass is 194 g/mol. The Labute approximate surface area is 85.3 Å². The summed E-state index contributed by atoms with van der Waals surface area (Å²) in [5.41, 5.74) is 1.75. The van der Waals surface area contributed by atoms with Gasteiger partial charge in [0.05, 0.1) is 12.0 Å². The molecule has 0 aromatic heterocycles. The van der Waals surface area contributed by atoms with Gasteiger partial charge >= 0.3 is 0 Å². The van der Waals surface area contributed by atoms with Crippen LogP contribution in [-0.2, 0) is 4.79 Å². The third-order valence-corrected chi connectivity index (χ3v) is 2.96. The molecule has 1 rings (SSSR count). The number of allylic oxidation sites excluding steroid dienone is 3. The van der Waals surface area contributed by atoms with E-state index in [0.717, 1.165) is 17.6 Å². The van der Waals surface area contributed by atoms with E-state index in [-0.39, 0.29) is 17.6 Å². The summed E-state index contributed by atoms with van der Waals surface area (Å²) in [6.45, 7) is 9.29. The average molecular weight is 194 g/mol. The van der Waals surface area contributed by atoms with Crippen LogP contribution in [0.1, 0.15) is 27.2 Å². The lowest BCUT2D eigenvalue weighted by atomic mass is 9.73. The van der Waals surface area contributed by atoms with Crippen molar-refractivity contribution in [2.75, 3.05) is 0 Å². The molecule has 0 bridgehead atoms. The van der Waals surface area contributed by atoms with Gasteiger partial charge in [-0.05, 0) is 38.7 Å². The van der Waals surface area contributed by atoms with E-state index in [1.165, 1.54) is 0 Å². The van der Waals surface area contributed by atoms with Crippen LogP contribution in [0.4, 0.5) is 0 Å². The third kappa shape index (κ3) is 1.95. The fourth-order valence-corrected chi connectivity index (χ4v) is 2.06. The first-order valence-electron chi connectivity index (χ1n) is 4.99. The first-order chi connectivity index (χ1) is 6.45. The Kier molecular flexibility index (Phi) is 3.27. The van der Waals surface area contributed by atoms with Crippen molar-refractivity contribution in [2.45, 2.75) is 33.3 Å². The Bertz CT molecular complexity index is 287. The zero-order valence-electron chi connectivity index (χ0n) is 9.08. The van der Waals surface area contributed by atoms with Crippen LogP contribution in [0.5, 0.6) is 0 Å². The molecule has 0 radical (unpaired) electrons. The van der Waals surface area contributed by atoms with Gasteiger partial charge in [-0.15, -0.1) is 0 Å². The molecule has 1 aliphatic carbocycles. The van der Waals surface area contributed by atoms with Gasteiger partial charge < -0.3 is 5.11 Å². The summed E-state index contributed by atoms with van der Waals surface area (Å²) >= 11 is 0. The number of carbonyl (C=O) groups excluding carboxylic acids is 1. The number of carbonyl (C=O) groups is 1. The molecule has 1 aliphatic rings. The third-order valence-electron chi connectivity index (χ3n) is 2.96. The van der Waals surface area contributed by atoms with Crippen molar-refractivity contribution in [3.05, 3.63) is 23.8 Å². The molecule has 1 N–H and O–H groups in total. The number of aliphatic hydroxyl groups excluding tert-OH is 1. The van der Waals surface area contributed by atoms with Crippen LogP contribution < -0.4 is 0 Å². The molecule has 0 aromatic rings. The zero-order chi connectivity index (χ0) is 10.9. The first-order valence-corrected chi connectivity index (χ1v) is 4.99. The quantitative estimate of drug-likeness (QED) is 0.683. The smallest absolute Gasteiger partial charge is 0.164 e. The summed E-state index contributed by atoms with van der Waals surface area (Å²) in [7, 11) is 0. The van der Waals surface area contributed by atoms with Crippen LogP contribution in [0.3, 0.4) is 0 Å². The van der Waals surface area contributed by atoms with Crippen molar-refractivity contribution in [3.8, 4) is 0 Å². The first kappa shape index (κ1) is 11.2. The van der Waals surface area contributed by atoms with E-state index in [2.05, 4.69) is 6.58 Å². The lowest BCUT2D eigenvalue weighted by Gasteiger charge is -2.31. The van der Waals surface area contributed by atoms with Crippen molar-refractivity contribution >= 4 is 5.78 Å². The highest BCUT2D eigenvalue weighted by molar-refractivity contribution is 5.98. The summed E-state index contributed by atoms with van der Waals surface area (Å²) in [5, 5.41) is 9.60. The SMILES string of the molecule is C=C(C)[C@H]1CC=C(C)C(=O)C1C(C)O. The average Bonchev–Trinajstić information content (AvgIpc) is 2.08. The van der Waals surface area contributed by atoms with Crippen LogP contribution >= 0.6 is 0 Å². The minimum atomic E-state index is -0.590. The van der Waals surface area contributed by atoms with Crippen LogP contribution in [0.25, 0.3) is 0 Å². The van der Waals surface area contributed by atoms with E-state index >= 15 is 0 Å². The van der Waals surface area contributed by atoms with Gasteiger partial charge in [0.25, 0.3) is 0 Å². The molecule has 78 valence electrons. The molecule has 0 saturated heterocycles. The number of rotatable bonds is 2. The molecule has 0 amide bonds. The second-order valence-electron chi connectivity index (χ2n) is 4.21. The van der Waals surface area contributed by atoms with Gasteiger partial charge in [-0.2, -0.15) is 0 Å². The Morgan fingerprint density at radius 1 is 1.71 bits per heavy atom. The van der Waals surface area contributed by atoms with Gasteiger partial charge in [0.15, 0.2) is 5.78 Å². The predicted octanol–water partition coefficient (Wildman–Crippen LogP) is 2.09. The van der Waals surface area contributed by atoms with E-state index in [9.17, 15) is 9.90 Å². The molecular formula is C12H18O2. The lowest BCUT2D eigenvalue weighted by Crippen LogP contribution is -2.36. The largest absolute Gasteiger partial charge is 0.393 e. The van der Waals surface area contributed by atoms with E-state index in [1.54, 1.807) is 6.92 Å². The zero-order valence-corrected chi connectivity index (χ0v) is 9.08. The topological polar surface area (TPSA) is 37.3 Å². The fraction of sp³-hybridized carbons (Fsp3) is 0.583. The second-order valence-corrected chi connectivity index (χ2v) is 4.21. The van der Waals surface area contributed by atoms with E-state index < -0.39 is 6.10 Å². The summed E-state index contributed by atoms with van der Waals surface area (Å²) in [6.07, 6.45) is 2.18. The molecule has 0 heterocycles. The normalized spacial score (nSPS) is 29.7. The Hall–Kier alpha value is -0.890. The van der Waals surface area contributed by atoms with Crippen LogP contribution in [0.15, 0.2) is 23.8 Å². The number of Topliss-reactive ketones (excluding diaryl/α,β-unsaturated/α-hetero) is 1. The highest BCUT2D eigenvalue weighted by Crippen LogP contribution is 2.33. The van der Waals surface area contributed by atoms with E-state index in [4.69, 9.17) is 0 Å². The molecule has 0 aromatic carbocycles. The molecule has 2 heteroatoms. The molecule has 0 spiro atoms. The van der Waals surface area contributed by atoms with Crippen molar-refractivity contribution in [1.29, 1.82) is 0 Å². The number of aliphatic hydroxyl groups is 1. The van der Waals surface area contributed by atoms with E-state index in [0.29, 0.717) is 0 Å². The fourth-order valence-electron chi connectivity index (χ4n) is 2.06. The summed E-state index contributed by atoms with van der Waals surface area (Å²) < 4.78 is 0. The summed E-state index contributed by atoms with van der Waals surface area (Å²) in [4.78, 5) is 11.8. The van der Waals surface area contributed by atoms with Gasteiger partial charge in [-0.3, -0.25) is 4.79 Å². The minimum Gasteiger partial charge on any atom is -0.393 e. The highest BCUT2D eigenvalue weighted by atomic mass is 16.3. The molecule has 0 saturated carbocycles. The maximum atomic E-state index is 11.8. The van der Waals surface area contributed by atoms with Gasteiger partial charge in [-0.25, -0.2) is 0 Å². The van der Waals surface area contributed by atoms with Gasteiger partial charge in [-0.1, -0.05) is 18.2 Å². The van der Waals surface area contributed by atoms with Crippen LogP contribution in [0.2, 0.25) is 0 Å². The number of hydrogen-bond acceptors (Lipinski definition) is 2. The Morgan fingerprint density at radius 3 is 2.71 bits per heavy atom. The lowest BCUT2D eigenvalue weighted by molar-refractivity contribution is -0.124. The molecule has 0 aliphatic heterocycles. The van der Waals surface area contributed by atoms with E-state index in [1.807, 2.05) is 19.9 Å². The standard InChI is InChI=1S/C12H18O2/c1-7(2)10-6-5-8(3)12(14)11(10)9(4)13/h5,9-11,13H,1,6H2,2-4H3/t9?,10-,11?/m1/s1. The summed E-state index contributed by atoms with van der Waals surface area (Å²) in [6, 6.07) is 0. The van der Waals surface area contributed by atoms with Crippen molar-refractivity contribution in [2.24, 2.45) is 11.8 Å². The van der Waals surface area contributed by atoms with Gasteiger partial charge in [0, 0.05) is 0 Å². The predicted molar refractivity (Wildman–Crippen MR) is 56.9 cm³/mol. The Balaban J connectivity index is 2.99. The molecule has 14 heavy (non-hydrogen) atoms.